The fourth-order valence-electron chi connectivity index (χ4n) is 3.26. The molecule has 0 radical (unpaired) electrons. The molecule has 1 aliphatic rings. The molecule has 8 heteroatoms. The Morgan fingerprint density at radius 3 is 2.60 bits per heavy atom. The average Bonchev–Trinajstić information content (AvgIpc) is 2.95. The number of nitrogens with zero attached hydrogens (tertiary/aromatic N) is 1. The second kappa shape index (κ2) is 9.47. The van der Waals surface area contributed by atoms with Gasteiger partial charge in [0.05, 0.1) is 24.2 Å². The van der Waals surface area contributed by atoms with Crippen molar-refractivity contribution < 1.29 is 23.9 Å². The van der Waals surface area contributed by atoms with Gasteiger partial charge in [0.15, 0.2) is 23.9 Å². The zero-order valence-corrected chi connectivity index (χ0v) is 17.3. The van der Waals surface area contributed by atoms with Crippen LogP contribution < -0.4 is 19.5 Å². The molecule has 1 N–H and O–H groups in total. The first-order valence-electron chi connectivity index (χ1n) is 9.92. The molecule has 0 saturated carbocycles. The Labute approximate surface area is 175 Å². The van der Waals surface area contributed by atoms with Crippen LogP contribution in [0.1, 0.15) is 37.4 Å². The van der Waals surface area contributed by atoms with Gasteiger partial charge >= 0.3 is 5.69 Å². The molecule has 0 fully saturated rings. The molecule has 1 amide bonds. The molecular formula is C22H26N2O6. The molecular weight excluding hydrogens is 388 g/mol. The number of ether oxygens (including phenoxy) is 3. The molecule has 3 rings (SSSR count). The number of nitrogens with one attached hydrogen (secondary N) is 1. The molecule has 160 valence electrons. The van der Waals surface area contributed by atoms with Gasteiger partial charge in [-0.1, -0.05) is 26.0 Å². The number of hydrogen-bond acceptors (Lipinski definition) is 6. The Bertz CT molecular complexity index is 928. The molecule has 0 aromatic heterocycles. The van der Waals surface area contributed by atoms with Crippen LogP contribution in [0.25, 0.3) is 0 Å². The zero-order chi connectivity index (χ0) is 21.7. The van der Waals surface area contributed by atoms with E-state index in [0.717, 1.165) is 17.5 Å². The maximum Gasteiger partial charge on any atom is 0.311 e. The Kier molecular flexibility index (Phi) is 6.76. The SMILES string of the molecule is Cc1ccc(OCC(=O)NC(c2ccc3c(c2)OCCCO3)C(C)C)c([N+](=O)[O-])c1. The molecule has 0 aliphatic carbocycles. The van der Waals surface area contributed by atoms with E-state index in [1.54, 1.807) is 13.0 Å². The van der Waals surface area contributed by atoms with Crippen molar-refractivity contribution in [1.29, 1.82) is 0 Å². The number of amides is 1. The van der Waals surface area contributed by atoms with Crippen LogP contribution in [0.4, 0.5) is 5.69 Å². The van der Waals surface area contributed by atoms with Crippen LogP contribution >= 0.6 is 0 Å². The first-order chi connectivity index (χ1) is 14.3. The molecule has 1 heterocycles. The zero-order valence-electron chi connectivity index (χ0n) is 17.3. The standard InChI is InChI=1S/C22H26N2O6/c1-14(2)22(16-6-8-19-20(12-16)29-10-4-9-28-19)23-21(25)13-30-18-7-5-15(3)11-17(18)24(26)27/h5-8,11-12,14,22H,4,9-10,13H2,1-3H3,(H,23,25). The van der Waals surface area contributed by atoms with Gasteiger partial charge in [0.25, 0.3) is 5.91 Å². The maximum absolute atomic E-state index is 12.5. The lowest BCUT2D eigenvalue weighted by molar-refractivity contribution is -0.385. The lowest BCUT2D eigenvalue weighted by Gasteiger charge is -2.24. The van der Waals surface area contributed by atoms with Crippen LogP contribution in [0.15, 0.2) is 36.4 Å². The molecule has 8 nitrogen and oxygen atoms in total. The smallest absolute Gasteiger partial charge is 0.311 e. The van der Waals surface area contributed by atoms with E-state index in [1.807, 2.05) is 32.0 Å². The van der Waals surface area contributed by atoms with Crippen LogP contribution in [0.5, 0.6) is 17.2 Å². The fourth-order valence-corrected chi connectivity index (χ4v) is 3.26. The normalized spacial score (nSPS) is 14.0. The Morgan fingerprint density at radius 2 is 1.90 bits per heavy atom. The van der Waals surface area contributed by atoms with Gasteiger partial charge in [0.2, 0.25) is 0 Å². The number of carbonyl (C=O) groups is 1. The van der Waals surface area contributed by atoms with Gasteiger partial charge in [0, 0.05) is 12.5 Å². The lowest BCUT2D eigenvalue weighted by atomic mass is 9.95. The van der Waals surface area contributed by atoms with E-state index in [-0.39, 0.29) is 35.9 Å². The molecule has 0 bridgehead atoms. The number of nitro benzene ring substituents is 1. The van der Waals surface area contributed by atoms with Crippen LogP contribution in [-0.4, -0.2) is 30.7 Å². The molecule has 2 aromatic carbocycles. The minimum atomic E-state index is -0.519. The Morgan fingerprint density at radius 1 is 1.17 bits per heavy atom. The van der Waals surface area contributed by atoms with Crippen LogP contribution in [0.2, 0.25) is 0 Å². The summed E-state index contributed by atoms with van der Waals surface area (Å²) in [6.07, 6.45) is 0.816. The van der Waals surface area contributed by atoms with Crippen LogP contribution in [0.3, 0.4) is 0 Å². The number of benzene rings is 2. The van der Waals surface area contributed by atoms with E-state index < -0.39 is 4.92 Å². The highest BCUT2D eigenvalue weighted by Crippen LogP contribution is 2.34. The summed E-state index contributed by atoms with van der Waals surface area (Å²) in [6, 6.07) is 10.00. The third kappa shape index (κ3) is 5.20. The monoisotopic (exact) mass is 414 g/mol. The molecule has 1 atom stereocenters. The number of nitro groups is 1. The van der Waals surface area contributed by atoms with Crippen molar-refractivity contribution in [2.45, 2.75) is 33.2 Å². The topological polar surface area (TPSA) is 99.9 Å². The number of fused-ring (bicyclic) bond motifs is 1. The van der Waals surface area contributed by atoms with Crippen molar-refractivity contribution in [3.63, 3.8) is 0 Å². The van der Waals surface area contributed by atoms with Gasteiger partial charge < -0.3 is 19.5 Å². The predicted octanol–water partition coefficient (Wildman–Crippen LogP) is 3.96. The van der Waals surface area contributed by atoms with E-state index >= 15 is 0 Å². The van der Waals surface area contributed by atoms with Crippen molar-refractivity contribution in [3.05, 3.63) is 57.6 Å². The Hall–Kier alpha value is -3.29. The largest absolute Gasteiger partial charge is 0.490 e. The predicted molar refractivity (Wildman–Crippen MR) is 111 cm³/mol. The summed E-state index contributed by atoms with van der Waals surface area (Å²) in [7, 11) is 0. The summed E-state index contributed by atoms with van der Waals surface area (Å²) < 4.78 is 16.9. The van der Waals surface area contributed by atoms with Crippen molar-refractivity contribution in [2.24, 2.45) is 5.92 Å². The number of rotatable bonds is 7. The highest BCUT2D eigenvalue weighted by Gasteiger charge is 2.22. The molecule has 1 aliphatic heterocycles. The molecule has 1 unspecified atom stereocenters. The number of carbonyl (C=O) groups excluding carboxylic acids is 1. The third-order valence-corrected chi connectivity index (χ3v) is 4.78. The lowest BCUT2D eigenvalue weighted by Crippen LogP contribution is -2.35. The van der Waals surface area contributed by atoms with Crippen LogP contribution in [0, 0.1) is 23.0 Å². The van der Waals surface area contributed by atoms with Crippen molar-refractivity contribution >= 4 is 11.6 Å². The van der Waals surface area contributed by atoms with E-state index in [1.165, 1.54) is 12.1 Å². The van der Waals surface area contributed by atoms with Crippen molar-refractivity contribution in [1.82, 2.24) is 5.32 Å². The second-order valence-electron chi connectivity index (χ2n) is 7.56. The first-order valence-corrected chi connectivity index (χ1v) is 9.92. The minimum absolute atomic E-state index is 0.0671. The van der Waals surface area contributed by atoms with Gasteiger partial charge in [-0.2, -0.15) is 0 Å². The van der Waals surface area contributed by atoms with Crippen molar-refractivity contribution in [3.8, 4) is 17.2 Å². The molecule has 30 heavy (non-hydrogen) atoms. The number of aryl methyl sites for hydroxylation is 1. The van der Waals surface area contributed by atoms with Gasteiger partial charge in [-0.05, 0) is 42.2 Å². The first kappa shape index (κ1) is 21.4. The van der Waals surface area contributed by atoms with E-state index in [9.17, 15) is 14.9 Å². The second-order valence-corrected chi connectivity index (χ2v) is 7.56. The van der Waals surface area contributed by atoms with Crippen LogP contribution in [-0.2, 0) is 4.79 Å². The van der Waals surface area contributed by atoms with Gasteiger partial charge in [-0.25, -0.2) is 0 Å². The van der Waals surface area contributed by atoms with Crippen molar-refractivity contribution in [2.75, 3.05) is 19.8 Å². The van der Waals surface area contributed by atoms with E-state index in [2.05, 4.69) is 5.32 Å². The summed E-state index contributed by atoms with van der Waals surface area (Å²) in [5, 5.41) is 14.2. The number of hydrogen-bond donors (Lipinski definition) is 1. The van der Waals surface area contributed by atoms with E-state index in [0.29, 0.717) is 24.7 Å². The minimum Gasteiger partial charge on any atom is -0.490 e. The maximum atomic E-state index is 12.5. The average molecular weight is 414 g/mol. The molecule has 0 spiro atoms. The van der Waals surface area contributed by atoms with Gasteiger partial charge in [0.1, 0.15) is 0 Å². The third-order valence-electron chi connectivity index (χ3n) is 4.78. The summed E-state index contributed by atoms with van der Waals surface area (Å²) in [5.41, 5.74) is 1.47. The summed E-state index contributed by atoms with van der Waals surface area (Å²) in [5.74, 6) is 1.16. The van der Waals surface area contributed by atoms with E-state index in [4.69, 9.17) is 14.2 Å². The quantitative estimate of drug-likeness (QED) is 0.544. The van der Waals surface area contributed by atoms with Gasteiger partial charge in [-0.3, -0.25) is 14.9 Å². The summed E-state index contributed by atoms with van der Waals surface area (Å²) in [6.45, 7) is 6.63. The summed E-state index contributed by atoms with van der Waals surface area (Å²) >= 11 is 0. The fraction of sp³-hybridized carbons (Fsp3) is 0.409. The van der Waals surface area contributed by atoms with Gasteiger partial charge in [-0.15, -0.1) is 0 Å². The highest BCUT2D eigenvalue weighted by molar-refractivity contribution is 5.78. The summed E-state index contributed by atoms with van der Waals surface area (Å²) in [4.78, 5) is 23.2. The highest BCUT2D eigenvalue weighted by atomic mass is 16.6. The Balaban J connectivity index is 1.70. The molecule has 2 aromatic rings. The molecule has 0 saturated heterocycles.